The lowest BCUT2D eigenvalue weighted by atomic mass is 10.0. The maximum absolute atomic E-state index is 12.0. The highest BCUT2D eigenvalue weighted by Crippen LogP contribution is 2.27. The lowest BCUT2D eigenvalue weighted by Gasteiger charge is -2.23. The van der Waals surface area contributed by atoms with Gasteiger partial charge in [0, 0.05) is 13.0 Å². The number of rotatable bonds is 8. The molecule has 0 atom stereocenters. The maximum atomic E-state index is 12.0. The number of thiocarbonyl (C=S) groups is 1. The molecule has 1 saturated heterocycles. The summed E-state index contributed by atoms with van der Waals surface area (Å²) in [4.78, 5) is 13.6. The van der Waals surface area contributed by atoms with E-state index >= 15 is 0 Å². The second kappa shape index (κ2) is 11.8. The molecule has 1 aliphatic rings. The van der Waals surface area contributed by atoms with Gasteiger partial charge < -0.3 is 19.7 Å². The minimum atomic E-state index is -0.280. The number of aryl methyl sites for hydroxylation is 1. The van der Waals surface area contributed by atoms with E-state index in [-0.39, 0.29) is 12.5 Å². The van der Waals surface area contributed by atoms with E-state index in [0.29, 0.717) is 11.0 Å². The summed E-state index contributed by atoms with van der Waals surface area (Å²) in [7, 11) is 0. The molecule has 2 rings (SSSR count). The van der Waals surface area contributed by atoms with Crippen LogP contribution in [0.5, 0.6) is 5.75 Å². The van der Waals surface area contributed by atoms with Crippen molar-refractivity contribution in [3.63, 3.8) is 0 Å². The molecule has 1 amide bonds. The van der Waals surface area contributed by atoms with E-state index in [4.69, 9.17) is 21.7 Å². The van der Waals surface area contributed by atoms with E-state index in [1.54, 1.807) is 4.90 Å². The number of hydrogen-bond acceptors (Lipinski definition) is 4. The average Bonchev–Trinajstić information content (AvgIpc) is 2.68. The summed E-state index contributed by atoms with van der Waals surface area (Å²) in [5.74, 6) is 0.794. The summed E-state index contributed by atoms with van der Waals surface area (Å²) in [6.07, 6.45) is 1.01. The van der Waals surface area contributed by atoms with E-state index in [1.165, 1.54) is 0 Å². The normalized spacial score (nSPS) is 14.6. The largest absolute Gasteiger partial charge is 0.483 e. The van der Waals surface area contributed by atoms with Gasteiger partial charge in [0.1, 0.15) is 18.8 Å². The standard InChI is InChI=1S/C20H32N4O3S/c1-15(2)17-6-5-16(3)13-18(17)27-14-19(25)22-23-20(28)21-7-4-8-24-9-11-26-12-10-24/h5-6,13,15H,4,7-12,14H2,1-3H3,(H,22,25)(H2,21,23,28)/p+1. The van der Waals surface area contributed by atoms with E-state index in [9.17, 15) is 4.79 Å². The number of hydrogen-bond donors (Lipinski definition) is 4. The number of benzene rings is 1. The van der Waals surface area contributed by atoms with Gasteiger partial charge in [-0.2, -0.15) is 0 Å². The summed E-state index contributed by atoms with van der Waals surface area (Å²) < 4.78 is 11.1. The third-order valence-corrected chi connectivity index (χ3v) is 4.90. The molecular formula is C20H33N4O3S+. The van der Waals surface area contributed by atoms with Gasteiger partial charge in [0.15, 0.2) is 11.7 Å². The minimum absolute atomic E-state index is 0.0703. The molecule has 1 heterocycles. The molecular weight excluding hydrogens is 376 g/mol. The lowest BCUT2D eigenvalue weighted by Crippen LogP contribution is -3.14. The van der Waals surface area contributed by atoms with E-state index in [1.807, 2.05) is 19.1 Å². The van der Waals surface area contributed by atoms with Crippen LogP contribution in [0.25, 0.3) is 0 Å². The molecule has 1 fully saturated rings. The highest BCUT2D eigenvalue weighted by Gasteiger charge is 2.13. The Morgan fingerprint density at radius 3 is 2.75 bits per heavy atom. The highest BCUT2D eigenvalue weighted by molar-refractivity contribution is 7.80. The van der Waals surface area contributed by atoms with Crippen LogP contribution in [0.3, 0.4) is 0 Å². The number of carbonyl (C=O) groups excluding carboxylic acids is 1. The second-order valence-electron chi connectivity index (χ2n) is 7.38. The van der Waals surface area contributed by atoms with Crippen molar-refractivity contribution < 1.29 is 19.2 Å². The summed E-state index contributed by atoms with van der Waals surface area (Å²) in [5.41, 5.74) is 7.47. The molecule has 4 N–H and O–H groups in total. The third kappa shape index (κ3) is 8.00. The first-order valence-electron chi connectivity index (χ1n) is 9.93. The molecule has 8 heteroatoms. The van der Waals surface area contributed by atoms with Crippen LogP contribution in [-0.4, -0.2) is 57.0 Å². The van der Waals surface area contributed by atoms with Crippen LogP contribution in [0.1, 0.15) is 37.3 Å². The SMILES string of the molecule is Cc1ccc(C(C)C)c(OCC(=O)NNC(=S)NCCC[NH+]2CCOCC2)c1. The first kappa shape index (κ1) is 22.4. The molecule has 156 valence electrons. The van der Waals surface area contributed by atoms with Crippen molar-refractivity contribution >= 4 is 23.2 Å². The van der Waals surface area contributed by atoms with Crippen LogP contribution < -0.4 is 25.8 Å². The number of quaternary nitrogens is 1. The predicted molar refractivity (Wildman–Crippen MR) is 114 cm³/mol. The fraction of sp³-hybridized carbons (Fsp3) is 0.600. The van der Waals surface area contributed by atoms with Crippen molar-refractivity contribution in [1.29, 1.82) is 0 Å². The van der Waals surface area contributed by atoms with Gasteiger partial charge in [-0.15, -0.1) is 0 Å². The number of nitrogens with one attached hydrogen (secondary N) is 4. The zero-order valence-corrected chi connectivity index (χ0v) is 17.9. The number of carbonyl (C=O) groups is 1. The van der Waals surface area contributed by atoms with Gasteiger partial charge in [0.05, 0.1) is 19.8 Å². The van der Waals surface area contributed by atoms with Crippen LogP contribution >= 0.6 is 12.2 Å². The molecule has 28 heavy (non-hydrogen) atoms. The van der Waals surface area contributed by atoms with Crippen LogP contribution in [0.2, 0.25) is 0 Å². The van der Waals surface area contributed by atoms with Gasteiger partial charge in [0.25, 0.3) is 5.91 Å². The Morgan fingerprint density at radius 2 is 2.04 bits per heavy atom. The lowest BCUT2D eigenvalue weighted by molar-refractivity contribution is -0.908. The van der Waals surface area contributed by atoms with Gasteiger partial charge in [-0.3, -0.25) is 15.6 Å². The van der Waals surface area contributed by atoms with Gasteiger partial charge in [-0.25, -0.2) is 0 Å². The first-order chi connectivity index (χ1) is 13.5. The quantitative estimate of drug-likeness (QED) is 0.281. The molecule has 1 aromatic carbocycles. The number of ether oxygens (including phenoxy) is 2. The van der Waals surface area contributed by atoms with Gasteiger partial charge >= 0.3 is 0 Å². The number of morpholine rings is 1. The smallest absolute Gasteiger partial charge is 0.276 e. The molecule has 1 aromatic rings. The summed E-state index contributed by atoms with van der Waals surface area (Å²) in [6.45, 7) is 11.8. The Bertz CT molecular complexity index is 648. The molecule has 0 spiro atoms. The van der Waals surface area contributed by atoms with Crippen molar-refractivity contribution in [3.8, 4) is 5.75 Å². The Kier molecular flexibility index (Phi) is 9.46. The number of amides is 1. The van der Waals surface area contributed by atoms with Crippen LogP contribution in [0.15, 0.2) is 18.2 Å². The molecule has 1 aliphatic heterocycles. The Hall–Kier alpha value is -1.90. The Labute approximate surface area is 173 Å². The zero-order chi connectivity index (χ0) is 20.4. The molecule has 0 radical (unpaired) electrons. The Morgan fingerprint density at radius 1 is 1.29 bits per heavy atom. The molecule has 0 unspecified atom stereocenters. The predicted octanol–water partition coefficient (Wildman–Crippen LogP) is 0.298. The summed E-state index contributed by atoms with van der Waals surface area (Å²) in [5, 5.41) is 3.51. The molecule has 0 saturated carbocycles. The van der Waals surface area contributed by atoms with Crippen LogP contribution in [0.4, 0.5) is 0 Å². The van der Waals surface area contributed by atoms with Crippen molar-refractivity contribution in [2.45, 2.75) is 33.1 Å². The van der Waals surface area contributed by atoms with E-state index in [2.05, 4.69) is 36.1 Å². The summed E-state index contributed by atoms with van der Waals surface area (Å²) in [6, 6.07) is 6.05. The highest BCUT2D eigenvalue weighted by atomic mass is 32.1. The molecule has 0 aromatic heterocycles. The molecule has 0 bridgehead atoms. The minimum Gasteiger partial charge on any atom is -0.483 e. The van der Waals surface area contributed by atoms with Crippen molar-refractivity contribution in [1.82, 2.24) is 16.2 Å². The van der Waals surface area contributed by atoms with Gasteiger partial charge in [-0.05, 0) is 42.3 Å². The van der Waals surface area contributed by atoms with Crippen LogP contribution in [-0.2, 0) is 9.53 Å². The van der Waals surface area contributed by atoms with E-state index in [0.717, 1.165) is 62.7 Å². The third-order valence-electron chi connectivity index (χ3n) is 4.66. The molecule has 7 nitrogen and oxygen atoms in total. The second-order valence-corrected chi connectivity index (χ2v) is 7.79. The molecule has 0 aliphatic carbocycles. The monoisotopic (exact) mass is 409 g/mol. The van der Waals surface area contributed by atoms with Crippen molar-refractivity contribution in [2.75, 3.05) is 46.0 Å². The average molecular weight is 410 g/mol. The fourth-order valence-corrected chi connectivity index (χ4v) is 3.20. The Balaban J connectivity index is 1.61. The topological polar surface area (TPSA) is 76.1 Å². The van der Waals surface area contributed by atoms with Gasteiger partial charge in [-0.1, -0.05) is 26.0 Å². The first-order valence-corrected chi connectivity index (χ1v) is 10.3. The zero-order valence-electron chi connectivity index (χ0n) is 17.1. The summed E-state index contributed by atoms with van der Waals surface area (Å²) >= 11 is 5.19. The van der Waals surface area contributed by atoms with Crippen molar-refractivity contribution in [3.05, 3.63) is 29.3 Å². The van der Waals surface area contributed by atoms with Crippen LogP contribution in [0, 0.1) is 6.92 Å². The maximum Gasteiger partial charge on any atom is 0.276 e. The van der Waals surface area contributed by atoms with E-state index < -0.39 is 0 Å². The van der Waals surface area contributed by atoms with Gasteiger partial charge in [0.2, 0.25) is 0 Å². The number of hydrazine groups is 1. The fourth-order valence-electron chi connectivity index (χ4n) is 3.04. The van der Waals surface area contributed by atoms with Crippen molar-refractivity contribution in [2.24, 2.45) is 0 Å².